The molecule has 0 heterocycles. The van der Waals surface area contributed by atoms with E-state index < -0.39 is 9.05 Å². The van der Waals surface area contributed by atoms with Crippen molar-refractivity contribution in [3.63, 3.8) is 0 Å². The Morgan fingerprint density at radius 1 is 0.750 bits per heavy atom. The Morgan fingerprint density at radius 3 is 1.38 bits per heavy atom. The lowest BCUT2D eigenvalue weighted by Crippen LogP contribution is -2.51. The highest BCUT2D eigenvalue weighted by Crippen LogP contribution is 2.11. The van der Waals surface area contributed by atoms with Crippen LogP contribution in [0.25, 0.3) is 0 Å². The third-order valence-corrected chi connectivity index (χ3v) is 3.83. The van der Waals surface area contributed by atoms with Gasteiger partial charge >= 0.3 is 9.05 Å². The summed E-state index contributed by atoms with van der Waals surface area (Å²) in [5.74, 6) is 0. The summed E-state index contributed by atoms with van der Waals surface area (Å²) in [6.45, 7) is 4.36. The molecule has 6 N–H and O–H groups in total. The van der Waals surface area contributed by atoms with Gasteiger partial charge in [-0.3, -0.25) is 0 Å². The van der Waals surface area contributed by atoms with Crippen LogP contribution in [0, 0.1) is 0 Å². The zero-order valence-electron chi connectivity index (χ0n) is 9.81. The van der Waals surface area contributed by atoms with Crippen molar-refractivity contribution in [3.05, 3.63) is 0 Å². The van der Waals surface area contributed by atoms with Crippen LogP contribution >= 0.6 is 0 Å². The van der Waals surface area contributed by atoms with Crippen LogP contribution in [0.3, 0.4) is 0 Å². The van der Waals surface area contributed by atoms with Gasteiger partial charge in [0.15, 0.2) is 0 Å². The number of hydrogen-bond donors (Lipinski definition) is 3. The van der Waals surface area contributed by atoms with Crippen molar-refractivity contribution in [3.8, 4) is 0 Å². The van der Waals surface area contributed by atoms with Crippen LogP contribution in [0.1, 0.15) is 6.92 Å². The molecule has 0 aromatic heterocycles. The Morgan fingerprint density at radius 2 is 1.12 bits per heavy atom. The summed E-state index contributed by atoms with van der Waals surface area (Å²) >= 11 is 0. The Bertz CT molecular complexity index is 142. The van der Waals surface area contributed by atoms with Gasteiger partial charge in [0.2, 0.25) is 0 Å². The van der Waals surface area contributed by atoms with Crippen LogP contribution in [0.15, 0.2) is 0 Å². The van der Waals surface area contributed by atoms with Crippen LogP contribution in [0.2, 0.25) is 0 Å². The number of rotatable bonds is 11. The lowest BCUT2D eigenvalue weighted by molar-refractivity contribution is -0.0280. The second kappa shape index (κ2) is 10.1. The molecule has 0 atom stereocenters. The first-order valence-electron chi connectivity index (χ1n) is 5.40. The average Bonchev–Trinajstić information content (AvgIpc) is 2.31. The van der Waals surface area contributed by atoms with E-state index in [1.54, 1.807) is 0 Å². The number of hydrogen-bond acceptors (Lipinski definition) is 7. The molecule has 0 saturated heterocycles. The minimum absolute atomic E-state index is 0.321. The fraction of sp³-hybridized carbons (Fsp3) is 1.00. The highest BCUT2D eigenvalue weighted by atomic mass is 28.4. The maximum atomic E-state index is 5.46. The molecule has 16 heavy (non-hydrogen) atoms. The molecular weight excluding hydrogens is 230 g/mol. The lowest BCUT2D eigenvalue weighted by atomic mass is 10.8. The first kappa shape index (κ1) is 15.9. The Labute approximate surface area is 97.6 Å². The van der Waals surface area contributed by atoms with Crippen molar-refractivity contribution >= 4 is 9.05 Å². The van der Waals surface area contributed by atoms with E-state index in [9.17, 15) is 0 Å². The molecule has 0 radical (unpaired) electrons. The zero-order valence-corrected chi connectivity index (χ0v) is 10.8. The molecule has 0 aromatic rings. The van der Waals surface area contributed by atoms with Gasteiger partial charge in [-0.05, 0) is 6.92 Å². The summed E-state index contributed by atoms with van der Waals surface area (Å²) in [6.07, 6.45) is 0. The molecule has 0 rings (SSSR count). The van der Waals surface area contributed by atoms with E-state index in [1.165, 1.54) is 0 Å². The van der Waals surface area contributed by atoms with Crippen LogP contribution in [-0.2, 0) is 17.7 Å². The van der Waals surface area contributed by atoms with Gasteiger partial charge < -0.3 is 34.9 Å². The smallest absolute Gasteiger partial charge is 0.351 e. The lowest BCUT2D eigenvalue weighted by Gasteiger charge is -2.27. The molecule has 0 aliphatic heterocycles. The molecule has 0 unspecified atom stereocenters. The van der Waals surface area contributed by atoms with E-state index in [0.717, 1.165) is 0 Å². The Kier molecular flexibility index (Phi) is 10.1. The van der Waals surface area contributed by atoms with E-state index in [-0.39, 0.29) is 0 Å². The van der Waals surface area contributed by atoms with Crippen molar-refractivity contribution in [2.45, 2.75) is 6.92 Å². The fourth-order valence-electron chi connectivity index (χ4n) is 0.979. The zero-order chi connectivity index (χ0) is 12.3. The van der Waals surface area contributed by atoms with Crippen molar-refractivity contribution < 1.29 is 17.7 Å². The van der Waals surface area contributed by atoms with E-state index in [4.69, 9.17) is 34.9 Å². The Balaban J connectivity index is 4.32. The monoisotopic (exact) mass is 253 g/mol. The highest BCUT2D eigenvalue weighted by Gasteiger charge is 2.45. The Hall–Kier alpha value is -0.0631. The van der Waals surface area contributed by atoms with Crippen LogP contribution in [0.5, 0.6) is 0 Å². The van der Waals surface area contributed by atoms with Crippen molar-refractivity contribution in [1.29, 1.82) is 0 Å². The van der Waals surface area contributed by atoms with Gasteiger partial charge in [0.1, 0.15) is 0 Å². The molecule has 8 heteroatoms. The van der Waals surface area contributed by atoms with Gasteiger partial charge in [-0.1, -0.05) is 0 Å². The minimum atomic E-state index is -3.10. The van der Waals surface area contributed by atoms with E-state index >= 15 is 0 Å². The second-order valence-electron chi connectivity index (χ2n) is 2.84. The standard InChI is InChI=1S/C8H23N3O4Si/c1-2-12-16(13-6-3-9,14-7-4-10)15-8-5-11/h2-11H2,1H3. The van der Waals surface area contributed by atoms with E-state index in [2.05, 4.69) is 0 Å². The van der Waals surface area contributed by atoms with Crippen molar-refractivity contribution in [2.75, 3.05) is 46.1 Å². The molecule has 0 aliphatic rings. The van der Waals surface area contributed by atoms with E-state index in [0.29, 0.717) is 46.1 Å². The van der Waals surface area contributed by atoms with Crippen molar-refractivity contribution in [2.24, 2.45) is 17.2 Å². The predicted molar refractivity (Wildman–Crippen MR) is 62.4 cm³/mol. The van der Waals surface area contributed by atoms with Gasteiger partial charge in [0.05, 0.1) is 19.8 Å². The summed E-state index contributed by atoms with van der Waals surface area (Å²) in [5, 5.41) is 0. The summed E-state index contributed by atoms with van der Waals surface area (Å²) in [5.41, 5.74) is 16.1. The van der Waals surface area contributed by atoms with Crippen LogP contribution in [-0.4, -0.2) is 55.1 Å². The summed E-state index contributed by atoms with van der Waals surface area (Å²) in [7, 11) is -3.10. The quantitative estimate of drug-likeness (QED) is 0.379. The van der Waals surface area contributed by atoms with E-state index in [1.807, 2.05) is 6.92 Å². The topological polar surface area (TPSA) is 115 Å². The predicted octanol–water partition coefficient (Wildman–Crippen LogP) is -1.62. The molecule has 98 valence electrons. The summed E-state index contributed by atoms with van der Waals surface area (Å²) in [6, 6.07) is 0. The SMILES string of the molecule is CCO[Si](OCCN)(OCCN)OCCN. The van der Waals surface area contributed by atoms with Gasteiger partial charge in [0, 0.05) is 26.2 Å². The molecule has 0 aliphatic carbocycles. The number of nitrogens with two attached hydrogens (primary N) is 3. The highest BCUT2D eigenvalue weighted by molar-refractivity contribution is 6.53. The largest absolute Gasteiger partial charge is 0.679 e. The maximum absolute atomic E-state index is 5.46. The molecule has 0 bridgehead atoms. The third-order valence-electron chi connectivity index (χ3n) is 1.51. The molecule has 0 aromatic carbocycles. The first-order valence-corrected chi connectivity index (χ1v) is 7.04. The normalized spacial score (nSPS) is 12.0. The molecular formula is C8H23N3O4Si. The molecule has 0 amide bonds. The summed E-state index contributed by atoms with van der Waals surface area (Å²) < 4.78 is 21.8. The van der Waals surface area contributed by atoms with Gasteiger partial charge in [-0.15, -0.1) is 0 Å². The van der Waals surface area contributed by atoms with Gasteiger partial charge in [-0.25, -0.2) is 0 Å². The van der Waals surface area contributed by atoms with Crippen LogP contribution in [0.4, 0.5) is 0 Å². The third kappa shape index (κ3) is 6.50. The van der Waals surface area contributed by atoms with Gasteiger partial charge in [0.25, 0.3) is 0 Å². The summed E-state index contributed by atoms with van der Waals surface area (Å²) in [4.78, 5) is 0. The molecule has 7 nitrogen and oxygen atoms in total. The van der Waals surface area contributed by atoms with Crippen LogP contribution < -0.4 is 17.2 Å². The maximum Gasteiger partial charge on any atom is 0.679 e. The second-order valence-corrected chi connectivity index (χ2v) is 5.00. The molecule has 0 fully saturated rings. The van der Waals surface area contributed by atoms with Gasteiger partial charge in [-0.2, -0.15) is 0 Å². The first-order chi connectivity index (χ1) is 7.74. The van der Waals surface area contributed by atoms with Crippen molar-refractivity contribution in [1.82, 2.24) is 0 Å². The fourth-order valence-corrected chi connectivity index (χ4v) is 2.94. The molecule has 0 spiro atoms. The minimum Gasteiger partial charge on any atom is -0.351 e. The average molecular weight is 253 g/mol. The molecule has 0 saturated carbocycles.